The predicted octanol–water partition coefficient (Wildman–Crippen LogP) is 1.50. The van der Waals surface area contributed by atoms with Gasteiger partial charge >= 0.3 is 6.36 Å². The van der Waals surface area contributed by atoms with Crippen LogP contribution in [0.15, 0.2) is 18.2 Å². The van der Waals surface area contributed by atoms with Crippen molar-refractivity contribution >= 4 is 0 Å². The molecule has 1 aromatic carbocycles. The van der Waals surface area contributed by atoms with E-state index in [2.05, 4.69) is 4.74 Å². The van der Waals surface area contributed by atoms with Crippen LogP contribution in [0.3, 0.4) is 0 Å². The summed E-state index contributed by atoms with van der Waals surface area (Å²) in [6.45, 7) is -0.460. The Morgan fingerprint density at radius 1 is 1.21 bits per heavy atom. The summed E-state index contributed by atoms with van der Waals surface area (Å²) in [6, 6.07) is 2.08. The summed E-state index contributed by atoms with van der Waals surface area (Å²) in [5, 5.41) is 27.5. The highest BCUT2D eigenvalue weighted by Gasteiger charge is 2.32. The highest BCUT2D eigenvalue weighted by atomic mass is 19.4. The van der Waals surface area contributed by atoms with Gasteiger partial charge in [0, 0.05) is 12.2 Å². The van der Waals surface area contributed by atoms with Gasteiger partial charge in [0.15, 0.2) is 0 Å². The largest absolute Gasteiger partial charge is 0.573 e. The van der Waals surface area contributed by atoms with E-state index >= 15 is 0 Å². The van der Waals surface area contributed by atoms with E-state index in [1.807, 2.05) is 0 Å². The number of aliphatic hydroxyl groups excluding tert-OH is 3. The third-order valence-corrected chi connectivity index (χ3v) is 2.31. The van der Waals surface area contributed by atoms with Crippen molar-refractivity contribution in [1.82, 2.24) is 0 Å². The third kappa shape index (κ3) is 4.66. The molecular formula is C11H12F4O4. The lowest BCUT2D eigenvalue weighted by molar-refractivity contribution is -0.274. The molecule has 1 aromatic rings. The van der Waals surface area contributed by atoms with Gasteiger partial charge in [-0.2, -0.15) is 0 Å². The van der Waals surface area contributed by atoms with Crippen molar-refractivity contribution in [3.63, 3.8) is 0 Å². The smallest absolute Gasteiger partial charge is 0.406 e. The van der Waals surface area contributed by atoms with Crippen molar-refractivity contribution in [2.75, 3.05) is 6.61 Å². The molecule has 19 heavy (non-hydrogen) atoms. The lowest BCUT2D eigenvalue weighted by Gasteiger charge is -2.19. The Hall–Kier alpha value is -1.38. The monoisotopic (exact) mass is 284 g/mol. The van der Waals surface area contributed by atoms with Crippen molar-refractivity contribution in [3.05, 3.63) is 29.6 Å². The van der Waals surface area contributed by atoms with Gasteiger partial charge in [-0.1, -0.05) is 0 Å². The first-order chi connectivity index (χ1) is 8.74. The molecule has 0 heterocycles. The summed E-state index contributed by atoms with van der Waals surface area (Å²) in [5.41, 5.74) is -0.539. The lowest BCUT2D eigenvalue weighted by atomic mass is 10.0. The molecule has 8 heteroatoms. The minimum atomic E-state index is -4.94. The summed E-state index contributed by atoms with van der Waals surface area (Å²) in [4.78, 5) is 0. The Morgan fingerprint density at radius 3 is 2.37 bits per heavy atom. The molecule has 4 nitrogen and oxygen atoms in total. The predicted molar refractivity (Wildman–Crippen MR) is 55.8 cm³/mol. The molecule has 0 saturated heterocycles. The molecule has 2 unspecified atom stereocenters. The summed E-state index contributed by atoms with van der Waals surface area (Å²) < 4.78 is 52.9. The molecule has 2 atom stereocenters. The number of benzene rings is 1. The van der Waals surface area contributed by atoms with E-state index in [0.29, 0.717) is 12.1 Å². The highest BCUT2D eigenvalue weighted by molar-refractivity contribution is 5.32. The topological polar surface area (TPSA) is 69.9 Å². The Labute approximate surface area is 105 Å². The lowest BCUT2D eigenvalue weighted by Crippen LogP contribution is -2.21. The van der Waals surface area contributed by atoms with Crippen molar-refractivity contribution in [3.8, 4) is 5.75 Å². The minimum absolute atomic E-state index is 0.245. The van der Waals surface area contributed by atoms with Gasteiger partial charge in [0.1, 0.15) is 17.7 Å². The first-order valence-corrected chi connectivity index (χ1v) is 5.27. The van der Waals surface area contributed by atoms with Gasteiger partial charge in [-0.25, -0.2) is 4.39 Å². The normalized spacial score (nSPS) is 15.1. The van der Waals surface area contributed by atoms with Crippen LogP contribution in [0.4, 0.5) is 17.6 Å². The molecule has 1 rings (SSSR count). The first kappa shape index (κ1) is 15.7. The third-order valence-electron chi connectivity index (χ3n) is 2.31. The number of aliphatic hydroxyl groups is 3. The van der Waals surface area contributed by atoms with Gasteiger partial charge in [-0.05, 0) is 24.6 Å². The van der Waals surface area contributed by atoms with Crippen LogP contribution in [0.2, 0.25) is 0 Å². The van der Waals surface area contributed by atoms with E-state index in [9.17, 15) is 27.8 Å². The fraction of sp³-hybridized carbons (Fsp3) is 0.455. The van der Waals surface area contributed by atoms with Crippen molar-refractivity contribution in [1.29, 1.82) is 0 Å². The van der Waals surface area contributed by atoms with Gasteiger partial charge in [-0.3, -0.25) is 0 Å². The molecular weight excluding hydrogens is 272 g/mol. The molecule has 0 radical (unpaired) electrons. The maximum absolute atomic E-state index is 13.4. The molecule has 0 amide bonds. The molecule has 0 bridgehead atoms. The summed E-state index contributed by atoms with van der Waals surface area (Å²) in [5.74, 6) is -1.70. The number of alkyl halides is 3. The Kier molecular flexibility index (Phi) is 5.10. The van der Waals surface area contributed by atoms with Crippen molar-refractivity contribution < 1.29 is 37.6 Å². The second kappa shape index (κ2) is 6.18. The van der Waals surface area contributed by atoms with Crippen LogP contribution in [0.1, 0.15) is 18.1 Å². The maximum Gasteiger partial charge on any atom is 0.573 e. The maximum atomic E-state index is 13.4. The average Bonchev–Trinajstić information content (AvgIpc) is 2.29. The molecule has 0 aliphatic rings. The van der Waals surface area contributed by atoms with E-state index in [0.717, 1.165) is 6.07 Å². The summed E-state index contributed by atoms with van der Waals surface area (Å²) in [6.07, 6.45) is -8.45. The summed E-state index contributed by atoms with van der Waals surface area (Å²) in [7, 11) is 0. The van der Waals surface area contributed by atoms with Crippen molar-refractivity contribution in [2.45, 2.75) is 25.0 Å². The Balaban J connectivity index is 2.96. The van der Waals surface area contributed by atoms with Gasteiger partial charge < -0.3 is 20.1 Å². The molecule has 0 fully saturated rings. The van der Waals surface area contributed by atoms with E-state index in [4.69, 9.17) is 5.11 Å². The molecule has 0 aromatic heterocycles. The van der Waals surface area contributed by atoms with Gasteiger partial charge in [-0.15, -0.1) is 13.2 Å². The molecule has 108 valence electrons. The number of halogens is 4. The highest BCUT2D eigenvalue weighted by Crippen LogP contribution is 2.29. The molecule has 0 saturated carbocycles. The van der Waals surface area contributed by atoms with E-state index in [-0.39, 0.29) is 6.42 Å². The fourth-order valence-corrected chi connectivity index (χ4v) is 1.44. The van der Waals surface area contributed by atoms with Crippen molar-refractivity contribution in [2.24, 2.45) is 0 Å². The molecule has 0 aliphatic carbocycles. The fourth-order valence-electron chi connectivity index (χ4n) is 1.44. The minimum Gasteiger partial charge on any atom is -0.406 e. The quantitative estimate of drug-likeness (QED) is 0.717. The second-order valence-electron chi connectivity index (χ2n) is 3.76. The van der Waals surface area contributed by atoms with Crippen LogP contribution in [0.25, 0.3) is 0 Å². The molecule has 3 N–H and O–H groups in total. The van der Waals surface area contributed by atoms with Crippen LogP contribution in [-0.4, -0.2) is 34.4 Å². The number of rotatable bonds is 5. The van der Waals surface area contributed by atoms with E-state index in [1.54, 1.807) is 0 Å². The van der Waals surface area contributed by atoms with E-state index < -0.39 is 42.3 Å². The average molecular weight is 284 g/mol. The Bertz CT molecular complexity index is 422. The second-order valence-corrected chi connectivity index (χ2v) is 3.76. The molecule has 0 spiro atoms. The van der Waals surface area contributed by atoms with Gasteiger partial charge in [0.25, 0.3) is 0 Å². The number of hydrogen-bond donors (Lipinski definition) is 3. The van der Waals surface area contributed by atoms with Crippen LogP contribution in [-0.2, 0) is 0 Å². The molecule has 0 aliphatic heterocycles. The SMILES string of the molecule is OCCC(O)C(O)c1cc(OC(F)(F)F)ccc1F. The zero-order valence-electron chi connectivity index (χ0n) is 9.56. The van der Waals surface area contributed by atoms with Gasteiger partial charge in [0.2, 0.25) is 0 Å². The van der Waals surface area contributed by atoms with Crippen LogP contribution < -0.4 is 4.74 Å². The number of ether oxygens (including phenoxy) is 1. The zero-order chi connectivity index (χ0) is 14.6. The first-order valence-electron chi connectivity index (χ1n) is 5.27. The standard InChI is InChI=1S/C11H12F4O4/c12-8-2-1-6(19-11(13,14)15)5-7(8)10(18)9(17)3-4-16/h1-2,5,9-10,16-18H,3-4H2. The number of hydrogen-bond acceptors (Lipinski definition) is 4. The van der Waals surface area contributed by atoms with Crippen LogP contribution in [0.5, 0.6) is 5.75 Å². The summed E-state index contributed by atoms with van der Waals surface area (Å²) >= 11 is 0. The zero-order valence-corrected chi connectivity index (χ0v) is 9.56. The van der Waals surface area contributed by atoms with Crippen LogP contribution >= 0.6 is 0 Å². The van der Waals surface area contributed by atoms with Crippen LogP contribution in [0, 0.1) is 5.82 Å². The van der Waals surface area contributed by atoms with Gasteiger partial charge in [0.05, 0.1) is 6.10 Å². The van der Waals surface area contributed by atoms with E-state index in [1.165, 1.54) is 0 Å². The Morgan fingerprint density at radius 2 is 1.84 bits per heavy atom.